The van der Waals surface area contributed by atoms with E-state index >= 15 is 0 Å². The summed E-state index contributed by atoms with van der Waals surface area (Å²) in [5.41, 5.74) is 11.4. The first-order valence-corrected chi connectivity index (χ1v) is 16.0. The van der Waals surface area contributed by atoms with E-state index in [-0.39, 0.29) is 5.75 Å². The predicted molar refractivity (Wildman–Crippen MR) is 165 cm³/mol. The first-order chi connectivity index (χ1) is 19.2. The number of nitrogens with one attached hydrogen (secondary N) is 1. The van der Waals surface area contributed by atoms with Crippen LogP contribution in [0.15, 0.2) is 54.6 Å². The summed E-state index contributed by atoms with van der Waals surface area (Å²) in [7, 11) is 0.356. The number of sulfone groups is 1. The fourth-order valence-electron chi connectivity index (χ4n) is 4.49. The second kappa shape index (κ2) is 15.4. The highest BCUT2D eigenvalue weighted by Crippen LogP contribution is 2.33. The van der Waals surface area contributed by atoms with Gasteiger partial charge in [-0.05, 0) is 67.1 Å². The molecule has 1 aromatic heterocycles. The first-order valence-electron chi connectivity index (χ1n) is 13.9. The summed E-state index contributed by atoms with van der Waals surface area (Å²) in [6, 6.07) is 18.1. The van der Waals surface area contributed by atoms with Gasteiger partial charge in [0.05, 0.1) is 25.6 Å². The summed E-state index contributed by atoms with van der Waals surface area (Å²) in [6.45, 7) is 4.05. The third kappa shape index (κ3) is 9.93. The van der Waals surface area contributed by atoms with Crippen LogP contribution in [-0.2, 0) is 29.3 Å². The van der Waals surface area contributed by atoms with Crippen molar-refractivity contribution in [1.82, 2.24) is 4.98 Å². The van der Waals surface area contributed by atoms with E-state index in [4.69, 9.17) is 20.2 Å². The van der Waals surface area contributed by atoms with Crippen LogP contribution in [0.5, 0.6) is 11.5 Å². The zero-order valence-electron chi connectivity index (χ0n) is 24.3. The van der Waals surface area contributed by atoms with E-state index in [1.807, 2.05) is 30.3 Å². The Kier molecular flexibility index (Phi) is 11.9. The summed E-state index contributed by atoms with van der Waals surface area (Å²) < 4.78 is 33.7. The zero-order valence-corrected chi connectivity index (χ0v) is 25.1. The largest absolute Gasteiger partial charge is 0.497 e. The van der Waals surface area contributed by atoms with Crippen LogP contribution in [0.2, 0.25) is 0 Å². The normalized spacial score (nSPS) is 11.3. The van der Waals surface area contributed by atoms with Crippen LogP contribution in [-0.4, -0.2) is 46.2 Å². The van der Waals surface area contributed by atoms with Gasteiger partial charge >= 0.3 is 0 Å². The van der Waals surface area contributed by atoms with Crippen molar-refractivity contribution in [3.63, 3.8) is 0 Å². The molecule has 0 radical (unpaired) electrons. The number of nitrogen functional groups attached to an aromatic ring is 1. The Hall–Kier alpha value is -3.46. The third-order valence-corrected chi connectivity index (χ3v) is 7.78. The molecule has 3 rings (SSSR count). The number of hydrogen-bond acceptors (Lipinski definition) is 8. The molecular weight excluding hydrogens is 524 g/mol. The molecule has 2 aromatic carbocycles. The van der Waals surface area contributed by atoms with E-state index in [1.165, 1.54) is 6.26 Å². The van der Waals surface area contributed by atoms with Gasteiger partial charge in [-0.2, -0.15) is 0 Å². The molecule has 0 aliphatic heterocycles. The van der Waals surface area contributed by atoms with Crippen molar-refractivity contribution in [3.05, 3.63) is 71.4 Å². The van der Waals surface area contributed by atoms with E-state index in [0.717, 1.165) is 71.9 Å². The Balaban J connectivity index is 1.93. The lowest BCUT2D eigenvalue weighted by molar-refractivity contribution is 0.414. The van der Waals surface area contributed by atoms with Gasteiger partial charge in [0.25, 0.3) is 0 Å². The highest BCUT2D eigenvalue weighted by molar-refractivity contribution is 7.90. The van der Waals surface area contributed by atoms with Gasteiger partial charge in [-0.25, -0.2) is 13.4 Å². The number of hydrogen-bond donors (Lipinski definition) is 2. The highest BCUT2D eigenvalue weighted by atomic mass is 32.2. The Morgan fingerprint density at radius 3 is 1.95 bits per heavy atom. The molecule has 0 spiro atoms. The van der Waals surface area contributed by atoms with E-state index in [1.54, 1.807) is 14.2 Å². The molecule has 40 heavy (non-hydrogen) atoms. The molecule has 0 atom stereocenters. The van der Waals surface area contributed by atoms with E-state index in [0.29, 0.717) is 31.7 Å². The molecule has 0 saturated heterocycles. The quantitative estimate of drug-likeness (QED) is 0.195. The lowest BCUT2D eigenvalue weighted by Crippen LogP contribution is -2.25. The molecular formula is C31H44N4O4S. The molecule has 0 aliphatic rings. The lowest BCUT2D eigenvalue weighted by Gasteiger charge is -2.27. The van der Waals surface area contributed by atoms with E-state index in [9.17, 15) is 8.42 Å². The maximum absolute atomic E-state index is 11.5. The molecule has 0 saturated carbocycles. The average molecular weight is 569 g/mol. The summed E-state index contributed by atoms with van der Waals surface area (Å²) in [4.78, 5) is 7.28. The smallest absolute Gasteiger partial charge is 0.154 e. The van der Waals surface area contributed by atoms with Crippen LogP contribution < -0.4 is 25.4 Å². The minimum atomic E-state index is -2.97. The van der Waals surface area contributed by atoms with Crippen molar-refractivity contribution in [2.45, 2.75) is 58.5 Å². The number of unbranched alkanes of at least 4 members (excludes halogenated alkanes) is 3. The molecule has 1 heterocycles. The summed E-state index contributed by atoms with van der Waals surface area (Å²) >= 11 is 0. The molecule has 218 valence electrons. The number of ether oxygens (including phenoxy) is 2. The molecule has 0 unspecified atom stereocenters. The first kappa shape index (κ1) is 31.1. The number of anilines is 3. The summed E-state index contributed by atoms with van der Waals surface area (Å²) in [5, 5.41) is 3.46. The number of aromatic nitrogens is 1. The minimum absolute atomic E-state index is 0.186. The van der Waals surface area contributed by atoms with Crippen LogP contribution in [0.1, 0.15) is 55.8 Å². The minimum Gasteiger partial charge on any atom is -0.497 e. The van der Waals surface area contributed by atoms with Gasteiger partial charge in [0.1, 0.15) is 21.3 Å². The fraction of sp³-hybridized carbons (Fsp3) is 0.452. The Bertz CT molecular complexity index is 1250. The zero-order chi connectivity index (χ0) is 29.0. The Morgan fingerprint density at radius 2 is 1.45 bits per heavy atom. The summed E-state index contributed by atoms with van der Waals surface area (Å²) in [6.07, 6.45) is 6.80. The van der Waals surface area contributed by atoms with Crippen LogP contribution in [0.25, 0.3) is 0 Å². The van der Waals surface area contributed by atoms with Crippen LogP contribution >= 0.6 is 0 Å². The van der Waals surface area contributed by atoms with Crippen molar-refractivity contribution < 1.29 is 17.9 Å². The molecule has 0 bridgehead atoms. The molecule has 3 aromatic rings. The van der Waals surface area contributed by atoms with E-state index < -0.39 is 9.84 Å². The molecule has 9 heteroatoms. The second-order valence-electron chi connectivity index (χ2n) is 10.2. The molecule has 0 amide bonds. The standard InChI is InChI=1S/C31H44N4O4S/c1-5-6-7-10-26-21-29(33-19-8-9-20-40(4,36)37)30(32)31(34-26)35(22-24-11-15-27(38-2)16-12-24)23-25-13-17-28(39-3)18-14-25/h11-18,21H,5-10,19-20,22-23,32H2,1-4H3,(H,33,34). The topological polar surface area (TPSA) is 107 Å². The Labute approximate surface area is 239 Å². The van der Waals surface area contributed by atoms with Gasteiger partial charge in [-0.1, -0.05) is 44.0 Å². The molecule has 3 N–H and O–H groups in total. The molecule has 0 fully saturated rings. The highest BCUT2D eigenvalue weighted by Gasteiger charge is 2.18. The van der Waals surface area contributed by atoms with Crippen LogP contribution in [0.3, 0.4) is 0 Å². The van der Waals surface area contributed by atoms with Crippen molar-refractivity contribution in [2.24, 2.45) is 0 Å². The maximum atomic E-state index is 11.5. The van der Waals surface area contributed by atoms with Gasteiger partial charge in [0, 0.05) is 37.3 Å². The van der Waals surface area contributed by atoms with Crippen LogP contribution in [0.4, 0.5) is 17.2 Å². The van der Waals surface area contributed by atoms with E-state index in [2.05, 4.69) is 41.4 Å². The predicted octanol–water partition coefficient (Wildman–Crippen LogP) is 5.86. The number of benzene rings is 2. The Morgan fingerprint density at radius 1 is 0.875 bits per heavy atom. The fourth-order valence-corrected chi connectivity index (χ4v) is 5.21. The molecule has 0 aliphatic carbocycles. The number of rotatable bonds is 17. The average Bonchev–Trinajstić information content (AvgIpc) is 2.94. The number of nitrogens with zero attached hydrogens (tertiary/aromatic N) is 2. The number of nitrogens with two attached hydrogens (primary N) is 1. The van der Waals surface area contributed by atoms with Crippen molar-refractivity contribution in [1.29, 1.82) is 0 Å². The van der Waals surface area contributed by atoms with Gasteiger partial charge in [-0.3, -0.25) is 0 Å². The van der Waals surface area contributed by atoms with Gasteiger partial charge in [0.15, 0.2) is 5.82 Å². The number of pyridine rings is 1. The monoisotopic (exact) mass is 568 g/mol. The van der Waals surface area contributed by atoms with Gasteiger partial charge < -0.3 is 25.4 Å². The van der Waals surface area contributed by atoms with Gasteiger partial charge in [-0.15, -0.1) is 0 Å². The third-order valence-electron chi connectivity index (χ3n) is 6.75. The maximum Gasteiger partial charge on any atom is 0.154 e. The van der Waals surface area contributed by atoms with Crippen LogP contribution in [0, 0.1) is 0 Å². The van der Waals surface area contributed by atoms with Crippen molar-refractivity contribution >= 4 is 27.0 Å². The number of methoxy groups -OCH3 is 2. The SMILES string of the molecule is CCCCCc1cc(NCCCCS(C)(=O)=O)c(N)c(N(Cc2ccc(OC)cc2)Cc2ccc(OC)cc2)n1. The number of aryl methyl sites for hydroxylation is 1. The molecule has 8 nitrogen and oxygen atoms in total. The lowest BCUT2D eigenvalue weighted by atomic mass is 10.1. The van der Waals surface area contributed by atoms with Crippen molar-refractivity contribution in [2.75, 3.05) is 48.7 Å². The van der Waals surface area contributed by atoms with Gasteiger partial charge in [0.2, 0.25) is 0 Å². The second-order valence-corrected chi connectivity index (χ2v) is 12.4. The van der Waals surface area contributed by atoms with Crippen molar-refractivity contribution in [3.8, 4) is 11.5 Å². The summed E-state index contributed by atoms with van der Waals surface area (Å²) in [5.74, 6) is 2.54.